The van der Waals surface area contributed by atoms with Crippen molar-refractivity contribution in [2.45, 2.75) is 44.8 Å². The van der Waals surface area contributed by atoms with E-state index in [1.54, 1.807) is 24.3 Å². The largest absolute Gasteiger partial charge is 0.469 e. The number of alkyl carbamates (subject to hydrolysis) is 1. The Labute approximate surface area is 195 Å². The van der Waals surface area contributed by atoms with Gasteiger partial charge >= 0.3 is 24.0 Å². The molecule has 1 aromatic rings. The summed E-state index contributed by atoms with van der Waals surface area (Å²) in [5, 5.41) is 2.39. The number of amides is 1. The molecule has 0 aromatic heterocycles. The van der Waals surface area contributed by atoms with Crippen molar-refractivity contribution in [3.8, 4) is 0 Å². The van der Waals surface area contributed by atoms with Crippen LogP contribution in [0, 0.1) is 5.92 Å². The number of hydrogen-bond acceptors (Lipinski definition) is 8. The summed E-state index contributed by atoms with van der Waals surface area (Å²) < 4.78 is 20.0. The first-order valence-electron chi connectivity index (χ1n) is 10.5. The van der Waals surface area contributed by atoms with Gasteiger partial charge in [0, 0.05) is 13.6 Å². The van der Waals surface area contributed by atoms with Gasteiger partial charge in [0.2, 0.25) is 0 Å². The van der Waals surface area contributed by atoms with E-state index in [2.05, 4.69) is 36.3 Å². The molecule has 0 heterocycles. The van der Waals surface area contributed by atoms with Gasteiger partial charge in [-0.15, -0.1) is 0 Å². The lowest BCUT2D eigenvalue weighted by Gasteiger charge is -2.25. The first kappa shape index (κ1) is 27.9. The van der Waals surface area contributed by atoms with E-state index in [4.69, 9.17) is 14.2 Å². The minimum absolute atomic E-state index is 0.0399. The zero-order valence-electron chi connectivity index (χ0n) is 19.8. The summed E-state index contributed by atoms with van der Waals surface area (Å²) in [7, 11) is 0.806. The Morgan fingerprint density at radius 2 is 1.61 bits per heavy atom. The molecule has 10 heteroatoms. The Hall–Kier alpha value is -3.14. The van der Waals surface area contributed by atoms with Crippen molar-refractivity contribution in [3.05, 3.63) is 48.0 Å². The summed E-state index contributed by atoms with van der Waals surface area (Å²) in [6.07, 6.45) is -1.21. The normalized spacial score (nSPS) is 12.6. The zero-order chi connectivity index (χ0) is 25.0. The molecular formula is C23H33NO8Si. The molecule has 9 nitrogen and oxygen atoms in total. The average Bonchev–Trinajstić information content (AvgIpc) is 2.78. The van der Waals surface area contributed by atoms with Crippen LogP contribution >= 0.6 is 0 Å². The highest BCUT2D eigenvalue weighted by atomic mass is 28.3. The van der Waals surface area contributed by atoms with Crippen LogP contribution in [0.3, 0.4) is 0 Å². The van der Waals surface area contributed by atoms with Crippen LogP contribution in [0.25, 0.3) is 0 Å². The summed E-state index contributed by atoms with van der Waals surface area (Å²) in [6.45, 7) is 10.1. The molecule has 0 saturated heterocycles. The molecule has 1 amide bonds. The quantitative estimate of drug-likeness (QED) is 0.210. The molecule has 0 unspecified atom stereocenters. The predicted molar refractivity (Wildman–Crippen MR) is 124 cm³/mol. The Balaban J connectivity index is 3.03. The van der Waals surface area contributed by atoms with Gasteiger partial charge in [-0.3, -0.25) is 4.79 Å². The topological polar surface area (TPSA) is 117 Å². The van der Waals surface area contributed by atoms with Crippen molar-refractivity contribution in [1.29, 1.82) is 0 Å². The highest BCUT2D eigenvalue weighted by Gasteiger charge is 2.39. The third kappa shape index (κ3) is 10.3. The molecule has 1 rings (SSSR count). The van der Waals surface area contributed by atoms with Crippen LogP contribution in [0.1, 0.15) is 12.0 Å². The lowest BCUT2D eigenvalue weighted by atomic mass is 9.92. The first-order chi connectivity index (χ1) is 15.5. The fourth-order valence-electron chi connectivity index (χ4n) is 2.74. The number of esters is 3. The van der Waals surface area contributed by atoms with E-state index in [-0.39, 0.29) is 25.2 Å². The Morgan fingerprint density at radius 3 is 2.15 bits per heavy atom. The summed E-state index contributed by atoms with van der Waals surface area (Å²) in [4.78, 5) is 49.7. The molecule has 0 radical (unpaired) electrons. The van der Waals surface area contributed by atoms with Crippen molar-refractivity contribution >= 4 is 32.1 Å². The molecule has 33 heavy (non-hydrogen) atoms. The van der Waals surface area contributed by atoms with Gasteiger partial charge < -0.3 is 24.3 Å². The van der Waals surface area contributed by atoms with E-state index >= 15 is 0 Å². The van der Waals surface area contributed by atoms with Crippen LogP contribution in [0.4, 0.5) is 4.79 Å². The predicted octanol–water partition coefficient (Wildman–Crippen LogP) is 3.07. The van der Waals surface area contributed by atoms with Crippen molar-refractivity contribution in [2.24, 2.45) is 5.92 Å². The van der Waals surface area contributed by atoms with Crippen LogP contribution in [0.2, 0.25) is 25.7 Å². The number of carbonyl (C=O) groups is 4. The lowest BCUT2D eigenvalue weighted by molar-refractivity contribution is -0.156. The van der Waals surface area contributed by atoms with Crippen molar-refractivity contribution in [2.75, 3.05) is 20.8 Å². The summed E-state index contributed by atoms with van der Waals surface area (Å²) in [5.74, 6) is -3.68. The zero-order valence-corrected chi connectivity index (χ0v) is 20.8. The number of benzene rings is 1. The molecule has 0 fully saturated rings. The van der Waals surface area contributed by atoms with Gasteiger partial charge in [-0.2, -0.15) is 0 Å². The molecule has 182 valence electrons. The van der Waals surface area contributed by atoms with Gasteiger partial charge in [-0.25, -0.2) is 14.4 Å². The van der Waals surface area contributed by atoms with Crippen molar-refractivity contribution in [3.63, 3.8) is 0 Å². The molecule has 0 aliphatic heterocycles. The maximum absolute atomic E-state index is 12.9. The summed E-state index contributed by atoms with van der Waals surface area (Å²) in [6, 6.07) is 8.19. The van der Waals surface area contributed by atoms with Crippen molar-refractivity contribution in [1.82, 2.24) is 5.32 Å². The third-order valence-electron chi connectivity index (χ3n) is 4.68. The van der Waals surface area contributed by atoms with E-state index in [1.165, 1.54) is 7.11 Å². The third-order valence-corrected chi connectivity index (χ3v) is 6.39. The second-order valence-corrected chi connectivity index (χ2v) is 14.2. The van der Waals surface area contributed by atoms with Crippen molar-refractivity contribution < 1.29 is 38.1 Å². The van der Waals surface area contributed by atoms with Gasteiger partial charge in [0.1, 0.15) is 12.6 Å². The Bertz CT molecular complexity index is 835. The first-order valence-corrected chi connectivity index (χ1v) is 14.2. The van der Waals surface area contributed by atoms with Gasteiger partial charge in [-0.1, -0.05) is 56.6 Å². The number of rotatable bonds is 12. The number of hydrogen-bond donors (Lipinski definition) is 1. The van der Waals surface area contributed by atoms with Crippen LogP contribution < -0.4 is 5.32 Å². The second kappa shape index (κ2) is 13.4. The Kier molecular flexibility index (Phi) is 11.3. The number of ether oxygens (including phenoxy) is 4. The van der Waals surface area contributed by atoms with Crippen LogP contribution in [-0.2, 0) is 39.9 Å². The van der Waals surface area contributed by atoms with E-state index in [1.807, 2.05) is 6.07 Å². The van der Waals surface area contributed by atoms with E-state index in [9.17, 15) is 19.2 Å². The molecule has 0 aliphatic rings. The fraction of sp³-hybridized carbons (Fsp3) is 0.478. The summed E-state index contributed by atoms with van der Waals surface area (Å²) >= 11 is 0. The Morgan fingerprint density at radius 1 is 0.970 bits per heavy atom. The monoisotopic (exact) mass is 479 g/mol. The van der Waals surface area contributed by atoms with Crippen LogP contribution in [-0.4, -0.2) is 58.9 Å². The average molecular weight is 480 g/mol. The van der Waals surface area contributed by atoms with Crippen LogP contribution in [0.5, 0.6) is 0 Å². The van der Waals surface area contributed by atoms with E-state index in [0.29, 0.717) is 6.04 Å². The van der Waals surface area contributed by atoms with Gasteiger partial charge in [0.15, 0.2) is 0 Å². The molecule has 0 aliphatic carbocycles. The highest BCUT2D eigenvalue weighted by Crippen LogP contribution is 2.20. The maximum atomic E-state index is 12.9. The molecule has 1 aromatic carbocycles. The fourth-order valence-corrected chi connectivity index (χ4v) is 3.46. The maximum Gasteiger partial charge on any atom is 0.408 e. The lowest BCUT2D eigenvalue weighted by Crippen LogP contribution is -2.50. The van der Waals surface area contributed by atoms with Crippen LogP contribution in [0.15, 0.2) is 42.5 Å². The molecule has 1 N–H and O–H groups in total. The minimum Gasteiger partial charge on any atom is -0.469 e. The second-order valence-electron chi connectivity index (χ2n) is 8.59. The number of carbonyl (C=O) groups excluding carboxylic acids is 4. The number of nitrogens with one attached hydrogen (secondary N) is 1. The smallest absolute Gasteiger partial charge is 0.408 e. The highest BCUT2D eigenvalue weighted by molar-refractivity contribution is 6.76. The molecule has 0 spiro atoms. The standard InChI is InChI=1S/C23H33NO8Si/c1-16(20(25)29-2)14-18(21(26)30-3)19(22(27)31-12-13-33(4,5)6)24-23(28)32-15-17-10-8-7-9-11-17/h7-11,18-19H,1,12-15H2,2-6H3,(H,24,28)/t18-,19+/m1/s1. The number of methoxy groups -OCH3 is 2. The minimum atomic E-state index is -1.50. The molecule has 0 bridgehead atoms. The van der Waals surface area contributed by atoms with Gasteiger partial charge in [0.05, 0.1) is 26.7 Å². The summed E-state index contributed by atoms with van der Waals surface area (Å²) in [5.41, 5.74) is 0.678. The van der Waals surface area contributed by atoms with Gasteiger partial charge in [0.25, 0.3) is 0 Å². The molecule has 2 atom stereocenters. The molecular weight excluding hydrogens is 446 g/mol. The SMILES string of the molecule is C=C(C[C@@H](C(=O)OC)[C@H](NC(=O)OCc1ccccc1)C(=O)OCC[Si](C)(C)C)C(=O)OC. The van der Waals surface area contributed by atoms with E-state index < -0.39 is 44.0 Å². The molecule has 0 saturated carbocycles. The van der Waals surface area contributed by atoms with Gasteiger partial charge in [-0.05, 0) is 18.0 Å². The van der Waals surface area contributed by atoms with E-state index in [0.717, 1.165) is 12.7 Å².